The fraction of sp³-hybridized carbons (Fsp3) is 0.571. The van der Waals surface area contributed by atoms with E-state index in [1.807, 2.05) is 0 Å². The molecule has 2 aliphatic rings. The van der Waals surface area contributed by atoms with Crippen molar-refractivity contribution in [1.29, 1.82) is 0 Å². The van der Waals surface area contributed by atoms with Gasteiger partial charge in [0.15, 0.2) is 0 Å². The van der Waals surface area contributed by atoms with Gasteiger partial charge in [0.25, 0.3) is 0 Å². The van der Waals surface area contributed by atoms with E-state index in [9.17, 15) is 9.50 Å². The molecule has 2 fully saturated rings. The van der Waals surface area contributed by atoms with Gasteiger partial charge in [0, 0.05) is 12.0 Å². The van der Waals surface area contributed by atoms with Gasteiger partial charge in [-0.05, 0) is 60.2 Å². The summed E-state index contributed by atoms with van der Waals surface area (Å²) in [5.41, 5.74) is 0.138. The van der Waals surface area contributed by atoms with Crippen LogP contribution in [0.4, 0.5) is 4.39 Å². The van der Waals surface area contributed by atoms with E-state index in [1.54, 1.807) is 0 Å². The summed E-state index contributed by atoms with van der Waals surface area (Å²) < 4.78 is 20.0. The van der Waals surface area contributed by atoms with Crippen molar-refractivity contribution in [3.8, 4) is 5.75 Å². The van der Waals surface area contributed by atoms with Crippen molar-refractivity contribution >= 4 is 15.9 Å². The summed E-state index contributed by atoms with van der Waals surface area (Å²) in [5.74, 6) is 0.420. The fourth-order valence-electron chi connectivity index (χ4n) is 2.21. The number of hydrogen-bond donors (Lipinski definition) is 1. The molecule has 2 nitrogen and oxygen atoms in total. The predicted molar refractivity (Wildman–Crippen MR) is 70.3 cm³/mol. The first kappa shape index (κ1) is 12.4. The van der Waals surface area contributed by atoms with Gasteiger partial charge in [-0.3, -0.25) is 0 Å². The number of aliphatic hydroxyl groups is 1. The highest BCUT2D eigenvalue weighted by atomic mass is 79.9. The average molecular weight is 315 g/mol. The molecule has 0 saturated heterocycles. The Balaban J connectivity index is 1.87. The van der Waals surface area contributed by atoms with Crippen molar-refractivity contribution < 1.29 is 14.2 Å². The molecule has 0 amide bonds. The van der Waals surface area contributed by atoms with Crippen LogP contribution in [0.1, 0.15) is 37.7 Å². The molecule has 1 N–H and O–H groups in total. The third-order valence-electron chi connectivity index (χ3n) is 3.77. The van der Waals surface area contributed by atoms with Crippen molar-refractivity contribution in [2.24, 2.45) is 0 Å². The van der Waals surface area contributed by atoms with E-state index in [2.05, 4.69) is 15.9 Å². The van der Waals surface area contributed by atoms with Gasteiger partial charge in [-0.25, -0.2) is 4.39 Å². The Bertz CT molecular complexity index is 467. The Kier molecular flexibility index (Phi) is 3.10. The molecule has 98 valence electrons. The normalized spacial score (nSPS) is 21.5. The third kappa shape index (κ3) is 2.54. The van der Waals surface area contributed by atoms with Gasteiger partial charge in [-0.2, -0.15) is 0 Å². The van der Waals surface area contributed by atoms with Crippen molar-refractivity contribution in [3.05, 3.63) is 28.0 Å². The zero-order valence-corrected chi connectivity index (χ0v) is 11.7. The topological polar surface area (TPSA) is 29.5 Å². The first-order valence-corrected chi connectivity index (χ1v) is 7.22. The molecule has 1 aromatic carbocycles. The molecule has 2 aliphatic carbocycles. The van der Waals surface area contributed by atoms with Crippen molar-refractivity contribution in [2.45, 2.75) is 50.2 Å². The lowest BCUT2D eigenvalue weighted by Crippen LogP contribution is -2.25. The van der Waals surface area contributed by atoms with Crippen LogP contribution in [0.3, 0.4) is 0 Å². The van der Waals surface area contributed by atoms with Gasteiger partial charge in [-0.1, -0.05) is 0 Å². The largest absolute Gasteiger partial charge is 0.489 e. The molecule has 0 aliphatic heterocycles. The Hall–Kier alpha value is -0.610. The molecule has 0 heterocycles. The van der Waals surface area contributed by atoms with Crippen LogP contribution in [0.5, 0.6) is 5.75 Å². The van der Waals surface area contributed by atoms with Crippen LogP contribution in [0.2, 0.25) is 0 Å². The molecule has 0 atom stereocenters. The second kappa shape index (κ2) is 4.49. The first-order chi connectivity index (χ1) is 8.56. The van der Waals surface area contributed by atoms with Crippen LogP contribution >= 0.6 is 15.9 Å². The van der Waals surface area contributed by atoms with Crippen molar-refractivity contribution in [1.82, 2.24) is 0 Å². The fourth-order valence-corrected chi connectivity index (χ4v) is 2.77. The van der Waals surface area contributed by atoms with Crippen molar-refractivity contribution in [3.63, 3.8) is 0 Å². The molecule has 4 heteroatoms. The van der Waals surface area contributed by atoms with E-state index in [0.29, 0.717) is 16.6 Å². The van der Waals surface area contributed by atoms with E-state index in [4.69, 9.17) is 4.74 Å². The summed E-state index contributed by atoms with van der Waals surface area (Å²) in [5, 5.41) is 10.0. The molecular weight excluding hydrogens is 299 g/mol. The van der Waals surface area contributed by atoms with Crippen LogP contribution in [-0.4, -0.2) is 16.8 Å². The van der Waals surface area contributed by atoms with Crippen LogP contribution in [0.15, 0.2) is 16.6 Å². The van der Waals surface area contributed by atoms with Crippen LogP contribution in [0, 0.1) is 5.82 Å². The van der Waals surface area contributed by atoms with Gasteiger partial charge < -0.3 is 9.84 Å². The minimum absolute atomic E-state index is 0.249. The summed E-state index contributed by atoms with van der Waals surface area (Å²) in [6.45, 7) is 0. The molecule has 0 bridgehead atoms. The lowest BCUT2D eigenvalue weighted by Gasteiger charge is -2.28. The van der Waals surface area contributed by atoms with Gasteiger partial charge >= 0.3 is 0 Å². The zero-order valence-electron chi connectivity index (χ0n) is 10.1. The Labute approximate surface area is 114 Å². The van der Waals surface area contributed by atoms with E-state index in [-0.39, 0.29) is 11.9 Å². The maximum absolute atomic E-state index is 13.5. The molecule has 0 aromatic heterocycles. The summed E-state index contributed by atoms with van der Waals surface area (Å²) in [6, 6.07) is 2.91. The van der Waals surface area contributed by atoms with Gasteiger partial charge in [0.2, 0.25) is 0 Å². The summed E-state index contributed by atoms with van der Waals surface area (Å²) in [6.07, 6.45) is 5.64. The maximum Gasteiger partial charge on any atom is 0.137 e. The van der Waals surface area contributed by atoms with E-state index < -0.39 is 5.60 Å². The Morgan fingerprint density at radius 2 is 2.11 bits per heavy atom. The molecule has 18 heavy (non-hydrogen) atoms. The Morgan fingerprint density at radius 1 is 1.39 bits per heavy atom. The smallest absolute Gasteiger partial charge is 0.137 e. The number of halogens is 2. The standard InChI is InChI=1S/C14H16BrFO2/c15-12-7-10(16)6-9(8-14(17)4-5-14)13(12)18-11-2-1-3-11/h6-7,11,17H,1-5,8H2. The lowest BCUT2D eigenvalue weighted by molar-refractivity contribution is 0.113. The van der Waals surface area contributed by atoms with E-state index in [0.717, 1.165) is 31.2 Å². The van der Waals surface area contributed by atoms with E-state index >= 15 is 0 Å². The highest BCUT2D eigenvalue weighted by Gasteiger charge is 2.41. The highest BCUT2D eigenvalue weighted by molar-refractivity contribution is 9.10. The molecule has 0 radical (unpaired) electrons. The number of benzene rings is 1. The second-order valence-corrected chi connectivity index (χ2v) is 6.30. The van der Waals surface area contributed by atoms with Gasteiger partial charge in [0.1, 0.15) is 11.6 Å². The second-order valence-electron chi connectivity index (χ2n) is 5.45. The monoisotopic (exact) mass is 314 g/mol. The molecular formula is C14H16BrFO2. The predicted octanol–water partition coefficient (Wildman–Crippen LogP) is 3.59. The Morgan fingerprint density at radius 3 is 2.67 bits per heavy atom. The highest BCUT2D eigenvalue weighted by Crippen LogP contribution is 2.43. The summed E-state index contributed by atoms with van der Waals surface area (Å²) in [7, 11) is 0. The minimum Gasteiger partial charge on any atom is -0.489 e. The third-order valence-corrected chi connectivity index (χ3v) is 4.36. The number of ether oxygens (including phenoxy) is 1. The lowest BCUT2D eigenvalue weighted by atomic mass is 9.96. The van der Waals surface area contributed by atoms with Crippen LogP contribution in [0.25, 0.3) is 0 Å². The van der Waals surface area contributed by atoms with Gasteiger partial charge in [0.05, 0.1) is 16.2 Å². The summed E-state index contributed by atoms with van der Waals surface area (Å²) in [4.78, 5) is 0. The van der Waals surface area contributed by atoms with Crippen LogP contribution in [-0.2, 0) is 6.42 Å². The minimum atomic E-state index is -0.634. The molecule has 0 spiro atoms. The summed E-state index contributed by atoms with van der Waals surface area (Å²) >= 11 is 3.36. The number of rotatable bonds is 4. The molecule has 2 saturated carbocycles. The average Bonchev–Trinajstić information content (AvgIpc) is 2.92. The molecule has 0 unspecified atom stereocenters. The maximum atomic E-state index is 13.5. The van der Waals surface area contributed by atoms with Gasteiger partial charge in [-0.15, -0.1) is 0 Å². The SMILES string of the molecule is OC1(Cc2cc(F)cc(Br)c2OC2CCC2)CC1. The van der Waals surface area contributed by atoms with E-state index in [1.165, 1.54) is 18.6 Å². The quantitative estimate of drug-likeness (QED) is 0.920. The van der Waals surface area contributed by atoms with Crippen LogP contribution < -0.4 is 4.74 Å². The number of hydrogen-bond acceptors (Lipinski definition) is 2. The molecule has 3 rings (SSSR count). The van der Waals surface area contributed by atoms with Crippen molar-refractivity contribution in [2.75, 3.05) is 0 Å². The molecule has 1 aromatic rings. The first-order valence-electron chi connectivity index (χ1n) is 6.43. The zero-order chi connectivity index (χ0) is 12.8.